The number of hydrogen-bond donors (Lipinski definition) is 0. The van der Waals surface area contributed by atoms with Gasteiger partial charge in [0, 0.05) is 25.4 Å². The number of nitrogens with zero attached hydrogens (tertiary/aromatic N) is 3. The van der Waals surface area contributed by atoms with Crippen LogP contribution in [0.4, 0.5) is 0 Å². The molecule has 0 fully saturated rings. The second-order valence-electron chi connectivity index (χ2n) is 6.19. The number of likely N-dealkylation sites (N-methyl/N-ethyl adjacent to an activating group) is 1. The molecule has 0 bridgehead atoms. The first-order valence-electron chi connectivity index (χ1n) is 8.43. The molecule has 0 unspecified atom stereocenters. The van der Waals surface area contributed by atoms with Crippen LogP contribution in [0, 0.1) is 0 Å². The van der Waals surface area contributed by atoms with E-state index in [0.29, 0.717) is 18.0 Å². The summed E-state index contributed by atoms with van der Waals surface area (Å²) in [5.74, 6) is 1.15. The molecule has 0 radical (unpaired) electrons. The van der Waals surface area contributed by atoms with Crippen molar-refractivity contribution in [3.05, 3.63) is 72.6 Å². The van der Waals surface area contributed by atoms with Gasteiger partial charge in [-0.25, -0.2) is 4.68 Å². The Labute approximate surface area is 151 Å². The topological polar surface area (TPSA) is 56.6 Å². The van der Waals surface area contributed by atoms with Crippen LogP contribution in [0.5, 0.6) is 11.5 Å². The molecule has 4 rings (SSSR count). The van der Waals surface area contributed by atoms with Crippen LogP contribution in [0.25, 0.3) is 5.69 Å². The third-order valence-corrected chi connectivity index (χ3v) is 4.24. The van der Waals surface area contributed by atoms with Crippen molar-refractivity contribution < 1.29 is 14.3 Å². The predicted octanol–water partition coefficient (Wildman–Crippen LogP) is 2.67. The van der Waals surface area contributed by atoms with E-state index in [4.69, 9.17) is 9.47 Å². The summed E-state index contributed by atoms with van der Waals surface area (Å²) >= 11 is 0. The standard InChI is InChI=1S/C20H19N3O3/c1-22(12-15-11-21-23(13-15)16-7-3-2-4-8-16)20(24)19-14-25-17-9-5-6-10-18(17)26-19/h2-11,13,19H,12,14H2,1H3/t19-/m0/s1. The number of ether oxygens (including phenoxy) is 2. The number of carbonyl (C=O) groups is 1. The number of hydrogen-bond acceptors (Lipinski definition) is 4. The van der Waals surface area contributed by atoms with E-state index in [1.165, 1.54) is 0 Å². The lowest BCUT2D eigenvalue weighted by atomic mass is 10.2. The molecule has 1 aromatic heterocycles. The molecule has 0 spiro atoms. The highest BCUT2D eigenvalue weighted by Gasteiger charge is 2.29. The maximum atomic E-state index is 12.7. The Hall–Kier alpha value is -3.28. The molecule has 1 atom stereocenters. The molecule has 0 saturated carbocycles. The Morgan fingerprint density at radius 1 is 1.15 bits per heavy atom. The molecule has 2 heterocycles. The van der Waals surface area contributed by atoms with Crippen molar-refractivity contribution in [3.63, 3.8) is 0 Å². The average Bonchev–Trinajstić information content (AvgIpc) is 3.16. The van der Waals surface area contributed by atoms with Gasteiger partial charge in [0.25, 0.3) is 5.91 Å². The number of amides is 1. The molecule has 132 valence electrons. The van der Waals surface area contributed by atoms with Crippen molar-refractivity contribution in [1.29, 1.82) is 0 Å². The van der Waals surface area contributed by atoms with Gasteiger partial charge in [-0.2, -0.15) is 5.10 Å². The van der Waals surface area contributed by atoms with E-state index in [1.807, 2.05) is 54.7 Å². The summed E-state index contributed by atoms with van der Waals surface area (Å²) in [6.45, 7) is 0.663. The molecule has 2 aromatic carbocycles. The van der Waals surface area contributed by atoms with Gasteiger partial charge in [-0.3, -0.25) is 4.79 Å². The van der Waals surface area contributed by atoms with Gasteiger partial charge in [0.15, 0.2) is 11.5 Å². The summed E-state index contributed by atoms with van der Waals surface area (Å²) in [6.07, 6.45) is 3.05. The van der Waals surface area contributed by atoms with Gasteiger partial charge in [-0.15, -0.1) is 0 Å². The lowest BCUT2D eigenvalue weighted by molar-refractivity contribution is -0.140. The van der Waals surface area contributed by atoms with Gasteiger partial charge in [0.05, 0.1) is 11.9 Å². The molecule has 6 nitrogen and oxygen atoms in total. The minimum Gasteiger partial charge on any atom is -0.485 e. The van der Waals surface area contributed by atoms with Crippen LogP contribution in [0.1, 0.15) is 5.56 Å². The van der Waals surface area contributed by atoms with Crippen LogP contribution in [-0.4, -0.2) is 40.3 Å². The van der Waals surface area contributed by atoms with Crippen LogP contribution in [0.3, 0.4) is 0 Å². The normalized spacial score (nSPS) is 15.5. The highest BCUT2D eigenvalue weighted by atomic mass is 16.6. The Morgan fingerprint density at radius 2 is 1.88 bits per heavy atom. The van der Waals surface area contributed by atoms with Crippen LogP contribution >= 0.6 is 0 Å². The minimum absolute atomic E-state index is 0.119. The monoisotopic (exact) mass is 349 g/mol. The van der Waals surface area contributed by atoms with E-state index in [-0.39, 0.29) is 12.5 Å². The molecule has 3 aromatic rings. The summed E-state index contributed by atoms with van der Waals surface area (Å²) in [5.41, 5.74) is 1.93. The maximum Gasteiger partial charge on any atom is 0.267 e. The number of carbonyl (C=O) groups excluding carboxylic acids is 1. The van der Waals surface area contributed by atoms with Gasteiger partial charge in [0.2, 0.25) is 6.10 Å². The van der Waals surface area contributed by atoms with E-state index < -0.39 is 6.10 Å². The first-order valence-corrected chi connectivity index (χ1v) is 8.43. The molecule has 1 aliphatic rings. The van der Waals surface area contributed by atoms with Crippen LogP contribution in [0.15, 0.2) is 67.0 Å². The third-order valence-electron chi connectivity index (χ3n) is 4.24. The summed E-state index contributed by atoms with van der Waals surface area (Å²) in [7, 11) is 1.76. The van der Waals surface area contributed by atoms with Gasteiger partial charge >= 0.3 is 0 Å². The second-order valence-corrected chi connectivity index (χ2v) is 6.19. The summed E-state index contributed by atoms with van der Waals surface area (Å²) in [4.78, 5) is 14.3. The van der Waals surface area contributed by atoms with Crippen molar-refractivity contribution in [1.82, 2.24) is 14.7 Å². The zero-order valence-electron chi connectivity index (χ0n) is 14.4. The smallest absolute Gasteiger partial charge is 0.267 e. The summed E-state index contributed by atoms with van der Waals surface area (Å²) in [5, 5.41) is 4.36. The van der Waals surface area contributed by atoms with Gasteiger partial charge in [-0.05, 0) is 24.3 Å². The van der Waals surface area contributed by atoms with Crippen LogP contribution in [0.2, 0.25) is 0 Å². The fourth-order valence-electron chi connectivity index (χ4n) is 2.90. The first-order chi connectivity index (χ1) is 12.7. The van der Waals surface area contributed by atoms with Crippen molar-refractivity contribution in [2.45, 2.75) is 12.6 Å². The zero-order chi connectivity index (χ0) is 17.9. The Kier molecular flexibility index (Phi) is 4.31. The Balaban J connectivity index is 1.42. The van der Waals surface area contributed by atoms with E-state index in [1.54, 1.807) is 28.9 Å². The lowest BCUT2D eigenvalue weighted by Gasteiger charge is -2.28. The Morgan fingerprint density at radius 3 is 2.69 bits per heavy atom. The molecular formula is C20H19N3O3. The summed E-state index contributed by atoms with van der Waals surface area (Å²) in [6, 6.07) is 17.2. The lowest BCUT2D eigenvalue weighted by Crippen LogP contribution is -2.44. The third kappa shape index (κ3) is 3.26. The highest BCUT2D eigenvalue weighted by Crippen LogP contribution is 2.31. The first kappa shape index (κ1) is 16.2. The van der Waals surface area contributed by atoms with Crippen molar-refractivity contribution in [2.75, 3.05) is 13.7 Å². The van der Waals surface area contributed by atoms with Gasteiger partial charge in [-0.1, -0.05) is 30.3 Å². The maximum absolute atomic E-state index is 12.7. The van der Waals surface area contributed by atoms with Crippen LogP contribution in [-0.2, 0) is 11.3 Å². The molecule has 1 aliphatic heterocycles. The quantitative estimate of drug-likeness (QED) is 0.727. The summed E-state index contributed by atoms with van der Waals surface area (Å²) < 4.78 is 13.2. The van der Waals surface area contributed by atoms with E-state index in [9.17, 15) is 4.79 Å². The highest BCUT2D eigenvalue weighted by molar-refractivity contribution is 5.81. The molecule has 26 heavy (non-hydrogen) atoms. The van der Waals surface area contributed by atoms with Crippen LogP contribution < -0.4 is 9.47 Å². The number of aromatic nitrogens is 2. The SMILES string of the molecule is CN(Cc1cnn(-c2ccccc2)c1)C(=O)[C@@H]1COc2ccccc2O1. The molecular weight excluding hydrogens is 330 g/mol. The number of rotatable bonds is 4. The van der Waals surface area contributed by atoms with Crippen molar-refractivity contribution in [3.8, 4) is 17.2 Å². The molecule has 0 N–H and O–H groups in total. The van der Waals surface area contributed by atoms with Gasteiger partial charge in [0.1, 0.15) is 6.61 Å². The average molecular weight is 349 g/mol. The van der Waals surface area contributed by atoms with Gasteiger partial charge < -0.3 is 14.4 Å². The fraction of sp³-hybridized carbons (Fsp3) is 0.200. The zero-order valence-corrected chi connectivity index (χ0v) is 14.4. The van der Waals surface area contributed by atoms with E-state index in [0.717, 1.165) is 11.3 Å². The largest absolute Gasteiger partial charge is 0.485 e. The molecule has 0 aliphatic carbocycles. The van der Waals surface area contributed by atoms with E-state index >= 15 is 0 Å². The minimum atomic E-state index is -0.640. The number of benzene rings is 2. The molecule has 0 saturated heterocycles. The molecule has 1 amide bonds. The predicted molar refractivity (Wildman–Crippen MR) is 96.4 cm³/mol. The number of para-hydroxylation sites is 3. The van der Waals surface area contributed by atoms with Crippen molar-refractivity contribution in [2.24, 2.45) is 0 Å². The Bertz CT molecular complexity index is 907. The molecule has 6 heteroatoms. The van der Waals surface area contributed by atoms with E-state index in [2.05, 4.69) is 5.10 Å². The second kappa shape index (κ2) is 6.92. The van der Waals surface area contributed by atoms with Crippen molar-refractivity contribution >= 4 is 5.91 Å². The fourth-order valence-corrected chi connectivity index (χ4v) is 2.90. The number of fused-ring (bicyclic) bond motifs is 1.